The minimum atomic E-state index is -1.64. The monoisotopic (exact) mass is 1320 g/mol. The molecular formula is C67H121N11O13S. The fourth-order valence-electron chi connectivity index (χ4n) is 11.6. The number of unbranched alkanes of at least 4 members (excludes halogenated alkanes) is 1. The van der Waals surface area contributed by atoms with E-state index in [2.05, 4.69) is 21.3 Å². The Hall–Kier alpha value is -5.82. The third kappa shape index (κ3) is 23.6. The van der Waals surface area contributed by atoms with Crippen LogP contribution in [0, 0.1) is 41.4 Å². The zero-order chi connectivity index (χ0) is 71.1. The van der Waals surface area contributed by atoms with E-state index in [0.29, 0.717) is 31.4 Å². The highest BCUT2D eigenvalue weighted by atomic mass is 32.2. The topological polar surface area (TPSA) is 299 Å². The number of hydrogen-bond donors (Lipinski definition) is 6. The molecule has 0 aromatic carbocycles. The van der Waals surface area contributed by atoms with Crippen LogP contribution in [0.1, 0.15) is 169 Å². The van der Waals surface area contributed by atoms with Crippen molar-refractivity contribution in [1.82, 2.24) is 55.6 Å². The van der Waals surface area contributed by atoms with Crippen LogP contribution >= 0.6 is 11.8 Å². The molecule has 0 spiro atoms. The summed E-state index contributed by atoms with van der Waals surface area (Å²) in [7, 11) is 10.0. The molecule has 92 heavy (non-hydrogen) atoms. The average molecular weight is 1320 g/mol. The van der Waals surface area contributed by atoms with Crippen LogP contribution in [0.25, 0.3) is 0 Å². The SMILES string of the molecule is C/C=C/C[C@@H](C)[C@@H](O)[C@H]1C(=O)N[C@@H](CC)C(=O)N(C)[C@H](CSCCCCO)C(=O)N(C)[C@@H](C(C)CC)C(=O)N[C@@H](C(C)C)C(=O)N(C)[C@@H](CC(C)C)C(=O)N[C@@H](C)C(=O)N[C@H](C)C(=O)N(C)[C@@H](CC(C)C)C(=O)N(C)[C@@H](CC(C)C)C(=O)N(C)[C@@H](C(C)C)C(=O)N1C. The summed E-state index contributed by atoms with van der Waals surface area (Å²) < 4.78 is 0. The largest absolute Gasteiger partial charge is 0.396 e. The molecule has 1 aliphatic rings. The van der Waals surface area contributed by atoms with Gasteiger partial charge in [0.25, 0.3) is 0 Å². The number of aliphatic hydroxyl groups excluding tert-OH is 2. The number of carbonyl (C=O) groups is 11. The minimum absolute atomic E-state index is 0.00899. The third-order valence-corrected chi connectivity index (χ3v) is 18.9. The standard InChI is InChI=1S/C67H121N11O13S/c1-25-28-31-44(15)56(80)55-60(84)70-47(27-3)62(86)75(21)51(37-92-33-30-29-32-79)65(89)77(23)54(43(14)26-2)59(83)71-52(41(10)11)66(90)72(18)48(34-38(4)5)58(82)68-45(16)57(81)69-46(17)61(85)73(19)49(35-39(6)7)63(87)74(20)50(36-40(8)9)64(88)76(22)53(42(12)13)67(91)78(55)24/h25,28,38-56,79-80H,26-27,29-37H2,1-24H3,(H,68,82)(H,69,81)(H,70,84)(H,71,83)/b28-25+/t43?,44-,45+,46-,47+,48+,49+,50+,51-,52+,53+,54+,55+,56-/m1/s1. The van der Waals surface area contributed by atoms with Crippen LogP contribution in [-0.2, 0) is 52.7 Å². The van der Waals surface area contributed by atoms with E-state index < -0.39 is 161 Å². The molecule has 1 fully saturated rings. The van der Waals surface area contributed by atoms with E-state index in [-0.39, 0.29) is 55.8 Å². The van der Waals surface area contributed by atoms with E-state index >= 15 is 28.8 Å². The molecule has 1 rings (SSSR count). The summed E-state index contributed by atoms with van der Waals surface area (Å²) in [6.45, 7) is 29.8. The maximum Gasteiger partial charge on any atom is 0.246 e. The number of carbonyl (C=O) groups excluding carboxylic acids is 11. The average Bonchev–Trinajstić information content (AvgIpc) is 0.821. The van der Waals surface area contributed by atoms with Gasteiger partial charge in [0.15, 0.2) is 0 Å². The van der Waals surface area contributed by atoms with E-state index in [4.69, 9.17) is 0 Å². The van der Waals surface area contributed by atoms with Crippen molar-refractivity contribution in [1.29, 1.82) is 0 Å². The molecule has 25 heteroatoms. The summed E-state index contributed by atoms with van der Waals surface area (Å²) in [5, 5.41) is 33.0. The van der Waals surface area contributed by atoms with Crippen molar-refractivity contribution in [3.63, 3.8) is 0 Å². The number of hydrogen-bond acceptors (Lipinski definition) is 14. The van der Waals surface area contributed by atoms with Gasteiger partial charge in [-0.25, -0.2) is 0 Å². The first-order valence-corrected chi connectivity index (χ1v) is 34.5. The van der Waals surface area contributed by atoms with Crippen LogP contribution in [0.15, 0.2) is 12.2 Å². The number of nitrogens with one attached hydrogen (secondary N) is 4. The Balaban J connectivity index is 4.53. The second kappa shape index (κ2) is 39.8. The molecule has 0 aliphatic carbocycles. The molecule has 1 heterocycles. The van der Waals surface area contributed by atoms with Gasteiger partial charge in [-0.15, -0.1) is 0 Å². The quantitative estimate of drug-likeness (QED) is 0.0696. The molecule has 1 unspecified atom stereocenters. The predicted molar refractivity (Wildman–Crippen MR) is 361 cm³/mol. The Labute approximate surface area is 555 Å². The van der Waals surface area contributed by atoms with Gasteiger partial charge in [-0.1, -0.05) is 116 Å². The van der Waals surface area contributed by atoms with Crippen molar-refractivity contribution in [2.75, 3.05) is 67.4 Å². The highest BCUT2D eigenvalue weighted by molar-refractivity contribution is 7.99. The van der Waals surface area contributed by atoms with Gasteiger partial charge < -0.3 is 65.8 Å². The Bertz CT molecular complexity index is 2480. The van der Waals surface area contributed by atoms with Gasteiger partial charge in [0.2, 0.25) is 65.0 Å². The van der Waals surface area contributed by atoms with Gasteiger partial charge in [-0.3, -0.25) is 52.7 Å². The molecule has 1 saturated heterocycles. The summed E-state index contributed by atoms with van der Waals surface area (Å²) in [6.07, 6.45) is 4.26. The number of thioether (sulfide) groups is 1. The smallest absolute Gasteiger partial charge is 0.246 e. The van der Waals surface area contributed by atoms with Crippen molar-refractivity contribution >= 4 is 76.7 Å². The maximum atomic E-state index is 15.3. The molecular weight excluding hydrogens is 1200 g/mol. The Morgan fingerprint density at radius 2 is 0.924 bits per heavy atom. The summed E-state index contributed by atoms with van der Waals surface area (Å²) in [5.41, 5.74) is 0. The molecule has 0 saturated carbocycles. The molecule has 0 aromatic rings. The van der Waals surface area contributed by atoms with E-state index in [1.54, 1.807) is 61.5 Å². The Morgan fingerprint density at radius 1 is 0.478 bits per heavy atom. The van der Waals surface area contributed by atoms with Crippen LogP contribution in [0.4, 0.5) is 0 Å². The van der Waals surface area contributed by atoms with Crippen LogP contribution in [0.3, 0.4) is 0 Å². The molecule has 1 aliphatic heterocycles. The lowest BCUT2D eigenvalue weighted by Crippen LogP contribution is -2.64. The molecule has 0 aromatic heterocycles. The molecule has 0 radical (unpaired) electrons. The van der Waals surface area contributed by atoms with Gasteiger partial charge >= 0.3 is 0 Å². The first kappa shape index (κ1) is 84.2. The number of amides is 11. The second-order valence-electron chi connectivity index (χ2n) is 27.5. The minimum Gasteiger partial charge on any atom is -0.396 e. The Kier molecular flexibility index (Phi) is 36.4. The van der Waals surface area contributed by atoms with E-state index in [1.807, 2.05) is 54.5 Å². The normalized spacial score (nSPS) is 26.9. The highest BCUT2D eigenvalue weighted by Crippen LogP contribution is 2.27. The van der Waals surface area contributed by atoms with Crippen LogP contribution < -0.4 is 21.3 Å². The zero-order valence-corrected chi connectivity index (χ0v) is 61.1. The maximum absolute atomic E-state index is 15.3. The highest BCUT2D eigenvalue weighted by Gasteiger charge is 2.47. The van der Waals surface area contributed by atoms with Crippen LogP contribution in [0.2, 0.25) is 0 Å². The Morgan fingerprint density at radius 3 is 1.40 bits per heavy atom. The van der Waals surface area contributed by atoms with Gasteiger partial charge in [-0.05, 0) is 113 Å². The van der Waals surface area contributed by atoms with Crippen molar-refractivity contribution in [2.24, 2.45) is 41.4 Å². The number of likely N-dealkylation sites (N-methyl/N-ethyl adjacent to an activating group) is 7. The van der Waals surface area contributed by atoms with Gasteiger partial charge in [0.1, 0.15) is 66.5 Å². The first-order valence-electron chi connectivity index (χ1n) is 33.3. The van der Waals surface area contributed by atoms with Gasteiger partial charge in [0, 0.05) is 61.7 Å². The van der Waals surface area contributed by atoms with E-state index in [9.17, 15) is 34.2 Å². The molecule has 24 nitrogen and oxygen atoms in total. The van der Waals surface area contributed by atoms with Crippen LogP contribution in [0.5, 0.6) is 0 Å². The molecule has 11 amide bonds. The number of aliphatic hydroxyl groups is 2. The van der Waals surface area contributed by atoms with Gasteiger partial charge in [0.05, 0.1) is 6.10 Å². The van der Waals surface area contributed by atoms with Crippen molar-refractivity contribution in [3.8, 4) is 0 Å². The molecule has 6 N–H and O–H groups in total. The summed E-state index contributed by atoms with van der Waals surface area (Å²) in [5.74, 6) is -9.75. The van der Waals surface area contributed by atoms with Crippen LogP contribution in [-0.4, -0.2) is 250 Å². The number of allylic oxidation sites excluding steroid dienone is 2. The third-order valence-electron chi connectivity index (χ3n) is 17.8. The predicted octanol–water partition coefficient (Wildman–Crippen LogP) is 4.14. The van der Waals surface area contributed by atoms with Crippen molar-refractivity contribution in [3.05, 3.63) is 12.2 Å². The fourth-order valence-corrected chi connectivity index (χ4v) is 12.8. The number of rotatable bonds is 21. The summed E-state index contributed by atoms with van der Waals surface area (Å²) >= 11 is 1.36. The van der Waals surface area contributed by atoms with Gasteiger partial charge in [-0.2, -0.15) is 11.8 Å². The fraction of sp³-hybridized carbons (Fsp3) is 0.806. The molecule has 0 bridgehead atoms. The first-order chi connectivity index (χ1) is 42.7. The lowest BCUT2D eigenvalue weighted by Gasteiger charge is -2.41. The lowest BCUT2D eigenvalue weighted by atomic mass is 9.91. The van der Waals surface area contributed by atoms with Crippen molar-refractivity contribution < 1.29 is 63.0 Å². The lowest BCUT2D eigenvalue weighted by molar-refractivity contribution is -0.157. The van der Waals surface area contributed by atoms with Crippen molar-refractivity contribution in [2.45, 2.75) is 242 Å². The van der Waals surface area contributed by atoms with E-state index in [0.717, 1.165) is 4.90 Å². The molecule has 14 atom stereocenters. The second-order valence-corrected chi connectivity index (χ2v) is 28.6. The van der Waals surface area contributed by atoms with E-state index in [1.165, 1.54) is 104 Å². The summed E-state index contributed by atoms with van der Waals surface area (Å²) in [4.78, 5) is 172. The molecule has 528 valence electrons. The number of nitrogens with zero attached hydrogens (tertiary/aromatic N) is 7. The summed E-state index contributed by atoms with van der Waals surface area (Å²) in [6, 6.07) is -13.9. The zero-order valence-electron chi connectivity index (χ0n) is 60.3.